The summed E-state index contributed by atoms with van der Waals surface area (Å²) in [5, 5.41) is 12.1. The molecule has 94 valence electrons. The molecule has 0 aromatic heterocycles. The van der Waals surface area contributed by atoms with Crippen molar-refractivity contribution < 1.29 is 14.3 Å². The summed E-state index contributed by atoms with van der Waals surface area (Å²) in [7, 11) is 0. The average molecular weight is 304 g/mol. The Bertz CT molecular complexity index is 409. The standard InChI is InChI=1S/C12H15BrFNO2/c1-7(2)6-15-11(12(16)17)9-5-8(14)3-4-10(9)13/h3-5,7,11,15H,6H2,1-2H3,(H,16,17). The summed E-state index contributed by atoms with van der Waals surface area (Å²) in [4.78, 5) is 11.2. The number of nitrogens with one attached hydrogen (secondary N) is 1. The highest BCUT2D eigenvalue weighted by atomic mass is 79.9. The zero-order valence-electron chi connectivity index (χ0n) is 9.71. The minimum Gasteiger partial charge on any atom is -0.480 e. The predicted octanol–water partition coefficient (Wildman–Crippen LogP) is 2.96. The number of rotatable bonds is 5. The Morgan fingerprint density at radius 2 is 2.18 bits per heavy atom. The van der Waals surface area contributed by atoms with Gasteiger partial charge in [0.1, 0.15) is 11.9 Å². The number of carboxylic acids is 1. The molecule has 5 heteroatoms. The van der Waals surface area contributed by atoms with Gasteiger partial charge in [0.05, 0.1) is 0 Å². The molecule has 0 radical (unpaired) electrons. The van der Waals surface area contributed by atoms with Crippen molar-refractivity contribution in [1.82, 2.24) is 5.32 Å². The van der Waals surface area contributed by atoms with Crippen LogP contribution in [0.5, 0.6) is 0 Å². The monoisotopic (exact) mass is 303 g/mol. The molecule has 0 aliphatic heterocycles. The minimum absolute atomic E-state index is 0.323. The molecule has 1 atom stereocenters. The molecule has 0 fully saturated rings. The van der Waals surface area contributed by atoms with E-state index in [1.807, 2.05) is 13.8 Å². The van der Waals surface area contributed by atoms with Crippen LogP contribution in [0, 0.1) is 11.7 Å². The van der Waals surface area contributed by atoms with Crippen LogP contribution >= 0.6 is 15.9 Å². The molecule has 1 rings (SSSR count). The van der Waals surface area contributed by atoms with Crippen LogP contribution < -0.4 is 5.32 Å². The molecule has 1 unspecified atom stereocenters. The lowest BCUT2D eigenvalue weighted by Gasteiger charge is -2.17. The van der Waals surface area contributed by atoms with E-state index in [0.29, 0.717) is 22.5 Å². The maximum atomic E-state index is 13.1. The second kappa shape index (κ2) is 6.12. The highest BCUT2D eigenvalue weighted by molar-refractivity contribution is 9.10. The molecule has 2 N–H and O–H groups in total. The molecular weight excluding hydrogens is 289 g/mol. The molecule has 0 saturated carbocycles. The number of carboxylic acid groups (broad SMARTS) is 1. The third-order valence-electron chi connectivity index (χ3n) is 2.25. The molecule has 0 amide bonds. The van der Waals surface area contributed by atoms with E-state index >= 15 is 0 Å². The Hall–Kier alpha value is -0.940. The lowest BCUT2D eigenvalue weighted by molar-refractivity contribution is -0.139. The third-order valence-corrected chi connectivity index (χ3v) is 2.97. The van der Waals surface area contributed by atoms with Gasteiger partial charge in [0, 0.05) is 4.47 Å². The topological polar surface area (TPSA) is 49.3 Å². The van der Waals surface area contributed by atoms with Crippen molar-refractivity contribution in [2.75, 3.05) is 6.54 Å². The molecule has 1 aromatic carbocycles. The summed E-state index contributed by atoms with van der Waals surface area (Å²) in [6, 6.07) is 3.13. The zero-order chi connectivity index (χ0) is 13.0. The van der Waals surface area contributed by atoms with Gasteiger partial charge in [0.15, 0.2) is 0 Å². The van der Waals surface area contributed by atoms with E-state index in [-0.39, 0.29) is 0 Å². The van der Waals surface area contributed by atoms with Crippen LogP contribution in [0.15, 0.2) is 22.7 Å². The normalized spacial score (nSPS) is 12.8. The smallest absolute Gasteiger partial charge is 0.325 e. The first-order chi connectivity index (χ1) is 7.91. The predicted molar refractivity (Wildman–Crippen MR) is 67.3 cm³/mol. The molecule has 0 spiro atoms. The summed E-state index contributed by atoms with van der Waals surface area (Å²) in [5.74, 6) is -1.14. The van der Waals surface area contributed by atoms with Gasteiger partial charge in [-0.1, -0.05) is 29.8 Å². The van der Waals surface area contributed by atoms with Crippen LogP contribution in [0.3, 0.4) is 0 Å². The van der Waals surface area contributed by atoms with Gasteiger partial charge in [-0.2, -0.15) is 0 Å². The summed E-state index contributed by atoms with van der Waals surface area (Å²) < 4.78 is 13.7. The van der Waals surface area contributed by atoms with Crippen molar-refractivity contribution in [1.29, 1.82) is 0 Å². The lowest BCUT2D eigenvalue weighted by atomic mass is 10.1. The SMILES string of the molecule is CC(C)CNC(C(=O)O)c1cc(F)ccc1Br. The molecule has 0 heterocycles. The van der Waals surface area contributed by atoms with Crippen LogP contribution in [0.2, 0.25) is 0 Å². The number of hydrogen-bond acceptors (Lipinski definition) is 2. The first kappa shape index (κ1) is 14.1. The Morgan fingerprint density at radius 3 is 2.71 bits per heavy atom. The van der Waals surface area contributed by atoms with Crippen LogP contribution in [0.1, 0.15) is 25.5 Å². The van der Waals surface area contributed by atoms with Crippen molar-refractivity contribution >= 4 is 21.9 Å². The zero-order valence-corrected chi connectivity index (χ0v) is 11.3. The molecule has 0 aliphatic carbocycles. The fourth-order valence-electron chi connectivity index (χ4n) is 1.42. The van der Waals surface area contributed by atoms with Gasteiger partial charge < -0.3 is 10.4 Å². The fourth-order valence-corrected chi connectivity index (χ4v) is 1.90. The molecule has 0 aliphatic rings. The van der Waals surface area contributed by atoms with E-state index in [1.54, 1.807) is 0 Å². The Morgan fingerprint density at radius 1 is 1.53 bits per heavy atom. The summed E-state index contributed by atoms with van der Waals surface area (Å²) in [5.41, 5.74) is 0.401. The van der Waals surface area contributed by atoms with Crippen LogP contribution in [0.4, 0.5) is 4.39 Å². The molecule has 3 nitrogen and oxygen atoms in total. The van der Waals surface area contributed by atoms with Crippen molar-refractivity contribution in [3.8, 4) is 0 Å². The molecule has 17 heavy (non-hydrogen) atoms. The van der Waals surface area contributed by atoms with E-state index in [9.17, 15) is 9.18 Å². The highest BCUT2D eigenvalue weighted by Gasteiger charge is 2.22. The van der Waals surface area contributed by atoms with Crippen molar-refractivity contribution in [3.63, 3.8) is 0 Å². The van der Waals surface area contributed by atoms with Crippen molar-refractivity contribution in [2.24, 2.45) is 5.92 Å². The maximum absolute atomic E-state index is 13.1. The van der Waals surface area contributed by atoms with Crippen molar-refractivity contribution in [3.05, 3.63) is 34.1 Å². The number of hydrogen-bond donors (Lipinski definition) is 2. The average Bonchev–Trinajstić information content (AvgIpc) is 2.22. The quantitative estimate of drug-likeness (QED) is 0.879. The summed E-state index contributed by atoms with van der Waals surface area (Å²) in [6.07, 6.45) is 0. The Balaban J connectivity index is 2.97. The van der Waals surface area contributed by atoms with Gasteiger partial charge in [0.25, 0.3) is 0 Å². The number of benzene rings is 1. The van der Waals surface area contributed by atoms with Crippen LogP contribution in [0.25, 0.3) is 0 Å². The van der Waals surface area contributed by atoms with Gasteiger partial charge in [-0.3, -0.25) is 4.79 Å². The second-order valence-corrected chi connectivity index (χ2v) is 5.09. The van der Waals surface area contributed by atoms with Gasteiger partial charge in [0.2, 0.25) is 0 Å². The molecule has 0 bridgehead atoms. The van der Waals surface area contributed by atoms with Crippen LogP contribution in [-0.2, 0) is 4.79 Å². The van der Waals surface area contributed by atoms with E-state index < -0.39 is 17.8 Å². The number of aliphatic carboxylic acids is 1. The highest BCUT2D eigenvalue weighted by Crippen LogP contribution is 2.24. The summed E-state index contributed by atoms with van der Waals surface area (Å²) in [6.45, 7) is 4.51. The summed E-state index contributed by atoms with van der Waals surface area (Å²) >= 11 is 3.24. The van der Waals surface area contributed by atoms with E-state index in [1.165, 1.54) is 18.2 Å². The van der Waals surface area contributed by atoms with E-state index in [4.69, 9.17) is 5.11 Å². The van der Waals surface area contributed by atoms with Gasteiger partial charge >= 0.3 is 5.97 Å². The number of halogens is 2. The third kappa shape index (κ3) is 4.09. The molecule has 0 saturated heterocycles. The van der Waals surface area contributed by atoms with E-state index in [0.717, 1.165) is 0 Å². The first-order valence-corrected chi connectivity index (χ1v) is 6.12. The molecular formula is C12H15BrFNO2. The van der Waals surface area contributed by atoms with Crippen molar-refractivity contribution in [2.45, 2.75) is 19.9 Å². The molecule has 1 aromatic rings. The number of carbonyl (C=O) groups is 1. The van der Waals surface area contributed by atoms with Crippen LogP contribution in [-0.4, -0.2) is 17.6 Å². The largest absolute Gasteiger partial charge is 0.480 e. The van der Waals surface area contributed by atoms with Gasteiger partial charge in [-0.15, -0.1) is 0 Å². The van der Waals surface area contributed by atoms with Gasteiger partial charge in [-0.25, -0.2) is 4.39 Å². The Kier molecular flexibility index (Phi) is 5.08. The minimum atomic E-state index is -1.02. The van der Waals surface area contributed by atoms with E-state index in [2.05, 4.69) is 21.2 Å². The second-order valence-electron chi connectivity index (χ2n) is 4.24. The first-order valence-electron chi connectivity index (χ1n) is 5.33. The fraction of sp³-hybridized carbons (Fsp3) is 0.417. The van der Waals surface area contributed by atoms with Gasteiger partial charge in [-0.05, 0) is 36.2 Å². The lowest BCUT2D eigenvalue weighted by Crippen LogP contribution is -2.31. The Labute approximate surface area is 108 Å². The maximum Gasteiger partial charge on any atom is 0.325 e.